The molecule has 2 N–H and O–H groups in total. The number of allylic oxidation sites excluding steroid dienone is 2. The van der Waals surface area contributed by atoms with Gasteiger partial charge in [0, 0.05) is 52.0 Å². The molecular formula is C25H39F3N4O3. The van der Waals surface area contributed by atoms with Crippen LogP contribution < -0.4 is 5.32 Å². The number of amides is 1. The van der Waals surface area contributed by atoms with Gasteiger partial charge in [-0.2, -0.15) is 13.2 Å². The van der Waals surface area contributed by atoms with E-state index in [0.717, 1.165) is 37.8 Å². The van der Waals surface area contributed by atoms with Crippen LogP contribution in [0.15, 0.2) is 24.3 Å². The molecule has 1 aliphatic carbocycles. The number of alkyl halides is 3. The van der Waals surface area contributed by atoms with Gasteiger partial charge in [0.25, 0.3) is 0 Å². The molecule has 2 heterocycles. The van der Waals surface area contributed by atoms with E-state index in [1.54, 1.807) is 12.0 Å². The number of carbonyl (C=O) groups is 1. The largest absolute Gasteiger partial charge is 0.416 e. The van der Waals surface area contributed by atoms with E-state index in [-0.39, 0.29) is 35.8 Å². The van der Waals surface area contributed by atoms with E-state index in [1.165, 1.54) is 0 Å². The molecule has 3 aliphatic rings. The second-order valence-corrected chi connectivity index (χ2v) is 10.1. The second kappa shape index (κ2) is 11.4. The minimum absolute atomic E-state index is 0.00454. The van der Waals surface area contributed by atoms with Crippen molar-refractivity contribution in [1.82, 2.24) is 15.1 Å². The summed E-state index contributed by atoms with van der Waals surface area (Å²) in [6, 6.07) is 0.429. The van der Waals surface area contributed by atoms with E-state index in [1.807, 2.05) is 4.90 Å². The SMILES string of the molecule is C=C/C(=C\C(=N)N1CCN(C(=O)[C@@]2(C(C)C)CCC(NC3CCOCC3OC)C2)CC1)C(F)(F)F. The monoisotopic (exact) mass is 500 g/mol. The number of carbonyl (C=O) groups excluding carboxylic acids is 1. The first kappa shape index (κ1) is 27.7. The Hall–Kier alpha value is -1.91. The van der Waals surface area contributed by atoms with Crippen molar-refractivity contribution in [3.8, 4) is 0 Å². The van der Waals surface area contributed by atoms with Gasteiger partial charge in [0.1, 0.15) is 5.84 Å². The molecule has 0 bridgehead atoms. The third kappa shape index (κ3) is 6.27. The average Bonchev–Trinajstić information content (AvgIpc) is 3.26. The van der Waals surface area contributed by atoms with E-state index in [9.17, 15) is 18.0 Å². The molecule has 3 fully saturated rings. The van der Waals surface area contributed by atoms with Gasteiger partial charge in [0.2, 0.25) is 5.91 Å². The Labute approximate surface area is 206 Å². The van der Waals surface area contributed by atoms with E-state index >= 15 is 0 Å². The van der Waals surface area contributed by atoms with Gasteiger partial charge < -0.3 is 24.6 Å². The van der Waals surface area contributed by atoms with Gasteiger partial charge in [0.15, 0.2) is 0 Å². The number of piperazine rings is 1. The Morgan fingerprint density at radius 1 is 1.23 bits per heavy atom. The topological polar surface area (TPSA) is 77.9 Å². The van der Waals surface area contributed by atoms with Crippen molar-refractivity contribution in [1.29, 1.82) is 5.41 Å². The maximum absolute atomic E-state index is 13.8. The molecule has 0 radical (unpaired) electrons. The molecule has 0 aromatic carbocycles. The average molecular weight is 501 g/mol. The van der Waals surface area contributed by atoms with E-state index in [2.05, 4.69) is 25.7 Å². The van der Waals surface area contributed by atoms with Crippen LogP contribution in [0, 0.1) is 16.7 Å². The van der Waals surface area contributed by atoms with E-state index in [4.69, 9.17) is 14.9 Å². The summed E-state index contributed by atoms with van der Waals surface area (Å²) in [4.78, 5) is 17.2. The highest BCUT2D eigenvalue weighted by atomic mass is 19.4. The molecular weight excluding hydrogens is 461 g/mol. The Morgan fingerprint density at radius 3 is 2.46 bits per heavy atom. The summed E-state index contributed by atoms with van der Waals surface area (Å²) in [6.07, 6.45) is 0.328. The van der Waals surface area contributed by atoms with Crippen LogP contribution in [0.4, 0.5) is 13.2 Å². The molecule has 2 saturated heterocycles. The number of methoxy groups -OCH3 is 1. The summed E-state index contributed by atoms with van der Waals surface area (Å²) < 4.78 is 50.1. The molecule has 1 saturated carbocycles. The number of halogens is 3. The fourth-order valence-corrected chi connectivity index (χ4v) is 5.58. The Morgan fingerprint density at radius 2 is 1.89 bits per heavy atom. The number of hydrogen-bond acceptors (Lipinski definition) is 5. The first-order valence-electron chi connectivity index (χ1n) is 12.4. The van der Waals surface area contributed by atoms with Gasteiger partial charge in [-0.1, -0.05) is 26.5 Å². The Balaban J connectivity index is 1.61. The first-order chi connectivity index (χ1) is 16.5. The number of nitrogens with one attached hydrogen (secondary N) is 2. The number of ether oxygens (including phenoxy) is 2. The fraction of sp³-hybridized carbons (Fsp3) is 0.760. The van der Waals surface area contributed by atoms with Gasteiger partial charge in [-0.15, -0.1) is 0 Å². The third-order valence-electron chi connectivity index (χ3n) is 7.88. The number of nitrogens with zero attached hydrogens (tertiary/aromatic N) is 2. The van der Waals surface area contributed by atoms with E-state index < -0.39 is 17.2 Å². The summed E-state index contributed by atoms with van der Waals surface area (Å²) in [5.74, 6) is 0.0731. The molecule has 198 valence electrons. The standard InChI is InChI=1S/C25H39F3N4O3/c1-5-18(25(26,27)28)14-22(29)31-9-11-32(12-10-31)23(33)24(17(2)3)8-6-19(15-24)30-20-7-13-35-16-21(20)34-4/h5,14,17,19-21,29-30H,1,6-13,15-16H2,2-4H3/b18-14+,29-22?/t19?,20?,21?,24-/m0/s1. The molecule has 0 aromatic rings. The molecule has 35 heavy (non-hydrogen) atoms. The minimum atomic E-state index is -4.55. The summed E-state index contributed by atoms with van der Waals surface area (Å²) in [5.41, 5.74) is -1.41. The van der Waals surface area contributed by atoms with Crippen LogP contribution in [0.5, 0.6) is 0 Å². The number of rotatable bonds is 7. The predicted molar refractivity (Wildman–Crippen MR) is 128 cm³/mol. The number of amidine groups is 1. The van der Waals surface area contributed by atoms with Gasteiger partial charge >= 0.3 is 6.18 Å². The first-order valence-corrected chi connectivity index (χ1v) is 12.4. The molecule has 0 spiro atoms. The lowest BCUT2D eigenvalue weighted by Gasteiger charge is -2.42. The molecule has 2 aliphatic heterocycles. The van der Waals surface area contributed by atoms with Crippen molar-refractivity contribution < 1.29 is 27.4 Å². The van der Waals surface area contributed by atoms with Crippen LogP contribution in [-0.2, 0) is 14.3 Å². The number of hydrogen-bond donors (Lipinski definition) is 2. The highest BCUT2D eigenvalue weighted by Gasteiger charge is 2.50. The van der Waals surface area contributed by atoms with Crippen molar-refractivity contribution in [2.75, 3.05) is 46.5 Å². The highest BCUT2D eigenvalue weighted by Crippen LogP contribution is 2.46. The van der Waals surface area contributed by atoms with Crippen molar-refractivity contribution in [3.63, 3.8) is 0 Å². The maximum atomic E-state index is 13.8. The lowest BCUT2D eigenvalue weighted by Crippen LogP contribution is -2.55. The van der Waals surface area contributed by atoms with Crippen LogP contribution in [0.1, 0.15) is 39.5 Å². The fourth-order valence-electron chi connectivity index (χ4n) is 5.58. The molecule has 10 heteroatoms. The maximum Gasteiger partial charge on any atom is 0.416 e. The Bertz CT molecular complexity index is 808. The van der Waals surface area contributed by atoms with Gasteiger partial charge in [-0.05, 0) is 37.7 Å². The van der Waals surface area contributed by atoms with E-state index in [0.29, 0.717) is 39.4 Å². The van der Waals surface area contributed by atoms with Gasteiger partial charge in [-0.25, -0.2) is 0 Å². The van der Waals surface area contributed by atoms with Crippen molar-refractivity contribution in [2.24, 2.45) is 11.3 Å². The molecule has 3 rings (SSSR count). The quantitative estimate of drug-likeness (QED) is 0.318. The molecule has 3 unspecified atom stereocenters. The molecule has 7 nitrogen and oxygen atoms in total. The zero-order valence-electron chi connectivity index (χ0n) is 21.0. The predicted octanol–water partition coefficient (Wildman–Crippen LogP) is 3.37. The Kier molecular flexibility index (Phi) is 9.04. The lowest BCUT2D eigenvalue weighted by molar-refractivity contribution is -0.146. The lowest BCUT2D eigenvalue weighted by atomic mass is 9.74. The molecule has 1 amide bonds. The van der Waals surface area contributed by atoms with Gasteiger partial charge in [-0.3, -0.25) is 10.2 Å². The van der Waals surface area contributed by atoms with Crippen LogP contribution in [-0.4, -0.2) is 92.4 Å². The minimum Gasteiger partial charge on any atom is -0.379 e. The van der Waals surface area contributed by atoms with Crippen LogP contribution in [0.25, 0.3) is 0 Å². The van der Waals surface area contributed by atoms with Crippen LogP contribution >= 0.6 is 0 Å². The summed E-state index contributed by atoms with van der Waals surface area (Å²) in [7, 11) is 1.70. The summed E-state index contributed by atoms with van der Waals surface area (Å²) in [6.45, 7) is 10.1. The normalized spacial score (nSPS) is 30.6. The highest BCUT2D eigenvalue weighted by molar-refractivity contribution is 5.92. The third-order valence-corrected chi connectivity index (χ3v) is 7.88. The van der Waals surface area contributed by atoms with Crippen molar-refractivity contribution in [2.45, 2.75) is 63.9 Å². The smallest absolute Gasteiger partial charge is 0.379 e. The van der Waals surface area contributed by atoms with Crippen LogP contribution in [0.3, 0.4) is 0 Å². The molecule has 0 aromatic heterocycles. The second-order valence-electron chi connectivity index (χ2n) is 10.1. The van der Waals surface area contributed by atoms with Crippen LogP contribution in [0.2, 0.25) is 0 Å². The van der Waals surface area contributed by atoms with Crippen molar-refractivity contribution >= 4 is 11.7 Å². The zero-order valence-corrected chi connectivity index (χ0v) is 21.0. The summed E-state index contributed by atoms with van der Waals surface area (Å²) in [5, 5.41) is 11.8. The molecule has 4 atom stereocenters. The summed E-state index contributed by atoms with van der Waals surface area (Å²) >= 11 is 0. The van der Waals surface area contributed by atoms with Gasteiger partial charge in [0.05, 0.1) is 23.7 Å². The zero-order chi connectivity index (χ0) is 25.8. The van der Waals surface area contributed by atoms with Crippen molar-refractivity contribution in [3.05, 3.63) is 24.3 Å².